The highest BCUT2D eigenvalue weighted by atomic mass is 15.2. The number of nitrogens with zero attached hydrogens (tertiary/aromatic N) is 4. The van der Waals surface area contributed by atoms with Gasteiger partial charge in [-0.2, -0.15) is 5.26 Å². The van der Waals surface area contributed by atoms with Gasteiger partial charge in [0.25, 0.3) is 0 Å². The average molecular weight is 264 g/mol. The maximum atomic E-state index is 9.14. The van der Waals surface area contributed by atoms with E-state index in [-0.39, 0.29) is 0 Å². The van der Waals surface area contributed by atoms with Crippen LogP contribution in [-0.4, -0.2) is 23.1 Å². The summed E-state index contributed by atoms with van der Waals surface area (Å²) >= 11 is 0. The van der Waals surface area contributed by atoms with Gasteiger partial charge in [-0.05, 0) is 30.4 Å². The van der Waals surface area contributed by atoms with Gasteiger partial charge in [0.2, 0.25) is 0 Å². The zero-order chi connectivity index (χ0) is 13.9. The van der Waals surface area contributed by atoms with Gasteiger partial charge in [-0.1, -0.05) is 24.3 Å². The Labute approximate surface area is 118 Å². The molecule has 4 heteroatoms. The summed E-state index contributed by atoms with van der Waals surface area (Å²) in [6.45, 7) is 0. The van der Waals surface area contributed by atoms with Crippen LogP contribution in [0.4, 0.5) is 5.82 Å². The molecule has 3 rings (SSSR count). The summed E-state index contributed by atoms with van der Waals surface area (Å²) in [5, 5.41) is 9.14. The number of likely N-dealkylation sites (N-methyl/N-ethyl adjacent to an activating group) is 1. The number of hydrogen-bond acceptors (Lipinski definition) is 4. The summed E-state index contributed by atoms with van der Waals surface area (Å²) in [6.07, 6.45) is 6.35. The third-order valence-electron chi connectivity index (χ3n) is 3.99. The van der Waals surface area contributed by atoms with Crippen LogP contribution in [0.3, 0.4) is 0 Å². The van der Waals surface area contributed by atoms with Crippen molar-refractivity contribution in [3.8, 4) is 6.07 Å². The molecule has 100 valence electrons. The second-order valence-corrected chi connectivity index (χ2v) is 5.12. The Bertz CT molecular complexity index is 660. The van der Waals surface area contributed by atoms with Crippen LogP contribution in [0.5, 0.6) is 0 Å². The molecule has 0 bridgehead atoms. The number of aromatic nitrogens is 2. The van der Waals surface area contributed by atoms with Crippen LogP contribution in [0.1, 0.15) is 23.2 Å². The molecule has 1 heterocycles. The Morgan fingerprint density at radius 3 is 2.75 bits per heavy atom. The zero-order valence-corrected chi connectivity index (χ0v) is 11.5. The van der Waals surface area contributed by atoms with Crippen molar-refractivity contribution in [2.45, 2.75) is 25.3 Å². The van der Waals surface area contributed by atoms with E-state index in [2.05, 4.69) is 45.2 Å². The van der Waals surface area contributed by atoms with Crippen molar-refractivity contribution in [3.63, 3.8) is 0 Å². The van der Waals surface area contributed by atoms with Crippen LogP contribution >= 0.6 is 0 Å². The van der Waals surface area contributed by atoms with Gasteiger partial charge < -0.3 is 4.90 Å². The molecule has 0 spiro atoms. The molecule has 20 heavy (non-hydrogen) atoms. The maximum Gasteiger partial charge on any atom is 0.183 e. The highest BCUT2D eigenvalue weighted by Gasteiger charge is 2.24. The first-order valence-electron chi connectivity index (χ1n) is 6.80. The Balaban J connectivity index is 1.86. The summed E-state index contributed by atoms with van der Waals surface area (Å²) in [6, 6.07) is 11.1. The van der Waals surface area contributed by atoms with Gasteiger partial charge in [-0.15, -0.1) is 0 Å². The van der Waals surface area contributed by atoms with Crippen molar-refractivity contribution in [1.82, 2.24) is 9.97 Å². The Morgan fingerprint density at radius 1 is 1.20 bits per heavy atom. The van der Waals surface area contributed by atoms with Crippen LogP contribution in [0.25, 0.3) is 0 Å². The van der Waals surface area contributed by atoms with Gasteiger partial charge >= 0.3 is 0 Å². The van der Waals surface area contributed by atoms with Crippen molar-refractivity contribution in [2.24, 2.45) is 0 Å². The first kappa shape index (κ1) is 12.6. The summed E-state index contributed by atoms with van der Waals surface area (Å²) < 4.78 is 0. The van der Waals surface area contributed by atoms with E-state index in [4.69, 9.17) is 5.26 Å². The Hall–Kier alpha value is -2.41. The van der Waals surface area contributed by atoms with E-state index < -0.39 is 0 Å². The molecule has 0 N–H and O–H groups in total. The van der Waals surface area contributed by atoms with E-state index in [1.54, 1.807) is 12.4 Å². The summed E-state index contributed by atoms with van der Waals surface area (Å²) in [7, 11) is 2.00. The lowest BCUT2D eigenvalue weighted by atomic mass is 9.87. The molecule has 1 aromatic carbocycles. The fourth-order valence-electron chi connectivity index (χ4n) is 2.85. The smallest absolute Gasteiger partial charge is 0.183 e. The summed E-state index contributed by atoms with van der Waals surface area (Å²) in [5.41, 5.74) is 3.24. The summed E-state index contributed by atoms with van der Waals surface area (Å²) in [4.78, 5) is 10.5. The third kappa shape index (κ3) is 2.23. The number of hydrogen-bond donors (Lipinski definition) is 0. The first-order valence-corrected chi connectivity index (χ1v) is 6.80. The van der Waals surface area contributed by atoms with Crippen molar-refractivity contribution in [1.29, 1.82) is 5.26 Å². The molecule has 4 nitrogen and oxygen atoms in total. The molecule has 2 aromatic rings. The quantitative estimate of drug-likeness (QED) is 0.835. The highest BCUT2D eigenvalue weighted by molar-refractivity contribution is 5.50. The fourth-order valence-corrected chi connectivity index (χ4v) is 2.85. The van der Waals surface area contributed by atoms with Crippen LogP contribution < -0.4 is 4.90 Å². The second kappa shape index (κ2) is 5.30. The molecule has 1 atom stereocenters. The van der Waals surface area contributed by atoms with E-state index in [0.717, 1.165) is 19.3 Å². The lowest BCUT2D eigenvalue weighted by Gasteiger charge is -2.33. The van der Waals surface area contributed by atoms with Crippen LogP contribution in [0.2, 0.25) is 0 Å². The minimum atomic E-state index is 0.369. The lowest BCUT2D eigenvalue weighted by molar-refractivity contribution is 0.543. The first-order chi connectivity index (χ1) is 9.79. The Morgan fingerprint density at radius 2 is 1.95 bits per heavy atom. The largest absolute Gasteiger partial charge is 0.354 e. The molecule has 1 aliphatic carbocycles. The fraction of sp³-hybridized carbons (Fsp3) is 0.312. The molecule has 1 aromatic heterocycles. The van der Waals surface area contributed by atoms with Crippen LogP contribution in [0.15, 0.2) is 36.7 Å². The van der Waals surface area contributed by atoms with Gasteiger partial charge in [0, 0.05) is 25.5 Å². The molecule has 1 unspecified atom stereocenters. The van der Waals surface area contributed by atoms with E-state index in [1.807, 2.05) is 7.05 Å². The maximum absolute atomic E-state index is 9.14. The molecular formula is C16H16N4. The molecule has 0 saturated carbocycles. The molecular weight excluding hydrogens is 248 g/mol. The van der Waals surface area contributed by atoms with Gasteiger partial charge in [0.15, 0.2) is 11.5 Å². The molecule has 1 aliphatic rings. The summed E-state index contributed by atoms with van der Waals surface area (Å²) in [5.74, 6) is 0.680. The normalized spacial score (nSPS) is 17.1. The van der Waals surface area contributed by atoms with Crippen LogP contribution in [0, 0.1) is 11.3 Å². The van der Waals surface area contributed by atoms with E-state index in [0.29, 0.717) is 17.6 Å². The predicted octanol–water partition coefficient (Wildman–Crippen LogP) is 2.34. The number of anilines is 1. The van der Waals surface area contributed by atoms with Crippen molar-refractivity contribution in [2.75, 3.05) is 11.9 Å². The average Bonchev–Trinajstić information content (AvgIpc) is 2.53. The molecule has 0 fully saturated rings. The van der Waals surface area contributed by atoms with Gasteiger partial charge in [-0.25, -0.2) is 9.97 Å². The van der Waals surface area contributed by atoms with E-state index in [1.165, 1.54) is 11.1 Å². The van der Waals surface area contributed by atoms with Crippen molar-refractivity contribution >= 4 is 5.82 Å². The van der Waals surface area contributed by atoms with Gasteiger partial charge in [0.1, 0.15) is 6.07 Å². The number of aryl methyl sites for hydroxylation is 1. The zero-order valence-electron chi connectivity index (χ0n) is 11.5. The minimum absolute atomic E-state index is 0.369. The standard InChI is InChI=1S/C16H16N4/c1-20(16-15(11-17)18-8-9-19-16)14-7-6-12-4-2-3-5-13(12)10-14/h2-5,8-9,14H,6-7,10H2,1H3. The predicted molar refractivity (Wildman–Crippen MR) is 77.4 cm³/mol. The van der Waals surface area contributed by atoms with Crippen molar-refractivity contribution < 1.29 is 0 Å². The number of benzene rings is 1. The van der Waals surface area contributed by atoms with E-state index in [9.17, 15) is 0 Å². The third-order valence-corrected chi connectivity index (χ3v) is 3.99. The minimum Gasteiger partial charge on any atom is -0.354 e. The lowest BCUT2D eigenvalue weighted by Crippen LogP contribution is -2.37. The second-order valence-electron chi connectivity index (χ2n) is 5.12. The topological polar surface area (TPSA) is 52.8 Å². The van der Waals surface area contributed by atoms with E-state index >= 15 is 0 Å². The Kier molecular flexibility index (Phi) is 3.34. The number of fused-ring (bicyclic) bond motifs is 1. The SMILES string of the molecule is CN(c1nccnc1C#N)C1CCc2ccccc2C1. The van der Waals surface area contributed by atoms with Gasteiger partial charge in [-0.3, -0.25) is 0 Å². The molecule has 0 aliphatic heterocycles. The number of rotatable bonds is 2. The molecule has 0 radical (unpaired) electrons. The molecule has 0 amide bonds. The monoisotopic (exact) mass is 264 g/mol. The van der Waals surface area contributed by atoms with Gasteiger partial charge in [0.05, 0.1) is 0 Å². The van der Waals surface area contributed by atoms with Crippen LogP contribution in [-0.2, 0) is 12.8 Å². The number of nitriles is 1. The molecule has 0 saturated heterocycles. The highest BCUT2D eigenvalue weighted by Crippen LogP contribution is 2.26. The van der Waals surface area contributed by atoms with Crippen molar-refractivity contribution in [3.05, 3.63) is 53.5 Å².